The molecule has 224 valence electrons. The Kier molecular flexibility index (Phi) is 9.91. The minimum atomic E-state index is -4.85. The Balaban J connectivity index is 1.42. The fourth-order valence-corrected chi connectivity index (χ4v) is 5.50. The molecule has 10 nitrogen and oxygen atoms in total. The highest BCUT2D eigenvalue weighted by Gasteiger charge is 2.31. The Hall–Kier alpha value is -4.30. The second-order valence-corrected chi connectivity index (χ2v) is 11.1. The summed E-state index contributed by atoms with van der Waals surface area (Å²) in [7, 11) is -4.34. The topological polar surface area (TPSA) is 135 Å². The Morgan fingerprint density at radius 1 is 0.881 bits per heavy atom. The number of nitrogens with one attached hydrogen (secondary N) is 4. The van der Waals surface area contributed by atoms with Crippen molar-refractivity contribution >= 4 is 27.5 Å². The van der Waals surface area contributed by atoms with E-state index in [0.29, 0.717) is 12.5 Å². The number of anilines is 1. The van der Waals surface area contributed by atoms with E-state index in [9.17, 15) is 31.2 Å². The predicted molar refractivity (Wildman–Crippen MR) is 148 cm³/mol. The monoisotopic (exact) mass is 606 g/mol. The maximum Gasteiger partial charge on any atom is 0.573 e. The Bertz CT molecular complexity index is 1490. The molecule has 0 aromatic heterocycles. The van der Waals surface area contributed by atoms with Crippen LogP contribution < -0.4 is 30.1 Å². The molecule has 4 N–H and O–H groups in total. The summed E-state index contributed by atoms with van der Waals surface area (Å²) in [6.45, 7) is 1.95. The van der Waals surface area contributed by atoms with E-state index in [-0.39, 0.29) is 40.1 Å². The van der Waals surface area contributed by atoms with Crippen LogP contribution in [0.3, 0.4) is 0 Å². The highest BCUT2D eigenvalue weighted by atomic mass is 32.2. The molecule has 0 saturated carbocycles. The van der Waals surface area contributed by atoms with Crippen molar-refractivity contribution in [2.75, 3.05) is 30.9 Å². The predicted octanol–water partition coefficient (Wildman–Crippen LogP) is 4.02. The summed E-state index contributed by atoms with van der Waals surface area (Å²) >= 11 is 0. The van der Waals surface area contributed by atoms with Gasteiger partial charge in [-0.25, -0.2) is 8.42 Å². The van der Waals surface area contributed by atoms with Crippen LogP contribution in [0.5, 0.6) is 17.2 Å². The number of sulfonamides is 1. The van der Waals surface area contributed by atoms with Gasteiger partial charge in [-0.2, -0.15) is 0 Å². The third-order valence-corrected chi connectivity index (χ3v) is 7.72. The summed E-state index contributed by atoms with van der Waals surface area (Å²) < 4.78 is 76.0. The van der Waals surface area contributed by atoms with Crippen LogP contribution in [-0.2, 0) is 14.8 Å². The molecule has 42 heavy (non-hydrogen) atoms. The van der Waals surface area contributed by atoms with Crippen LogP contribution in [0.25, 0.3) is 0 Å². The molecule has 1 aliphatic rings. The average Bonchev–Trinajstić information content (AvgIpc) is 2.96. The van der Waals surface area contributed by atoms with Crippen molar-refractivity contribution in [1.29, 1.82) is 0 Å². The summed E-state index contributed by atoms with van der Waals surface area (Å²) in [5.74, 6) is -1.05. The van der Waals surface area contributed by atoms with Crippen LogP contribution in [-0.4, -0.2) is 52.8 Å². The number of para-hydroxylation sites is 2. The zero-order chi connectivity index (χ0) is 30.2. The van der Waals surface area contributed by atoms with E-state index >= 15 is 0 Å². The van der Waals surface area contributed by atoms with Gasteiger partial charge in [-0.1, -0.05) is 24.3 Å². The van der Waals surface area contributed by atoms with E-state index in [2.05, 4.69) is 25.4 Å². The molecule has 1 heterocycles. The van der Waals surface area contributed by atoms with Gasteiger partial charge in [-0.05, 0) is 80.4 Å². The molecule has 0 aliphatic carbocycles. The number of rotatable bonds is 11. The molecule has 0 atom stereocenters. The molecular weight excluding hydrogens is 577 g/mol. The van der Waals surface area contributed by atoms with E-state index in [1.54, 1.807) is 12.1 Å². The lowest BCUT2D eigenvalue weighted by Gasteiger charge is -2.22. The van der Waals surface area contributed by atoms with Crippen LogP contribution >= 0.6 is 0 Å². The van der Waals surface area contributed by atoms with Crippen molar-refractivity contribution in [3.63, 3.8) is 0 Å². The van der Waals surface area contributed by atoms with Gasteiger partial charge in [-0.15, -0.1) is 13.2 Å². The minimum absolute atomic E-state index is 0.0145. The van der Waals surface area contributed by atoms with Crippen LogP contribution in [0.2, 0.25) is 0 Å². The quantitative estimate of drug-likeness (QED) is 0.259. The summed E-state index contributed by atoms with van der Waals surface area (Å²) in [4.78, 5) is 24.8. The number of carbonyl (C=O) groups excluding carboxylic acids is 2. The zero-order valence-electron chi connectivity index (χ0n) is 22.2. The first-order valence-electron chi connectivity index (χ1n) is 13.0. The summed E-state index contributed by atoms with van der Waals surface area (Å²) in [6, 6.07) is 16.1. The van der Waals surface area contributed by atoms with Gasteiger partial charge in [0, 0.05) is 6.54 Å². The zero-order valence-corrected chi connectivity index (χ0v) is 23.1. The molecule has 0 bridgehead atoms. The molecule has 1 aliphatic heterocycles. The minimum Gasteiger partial charge on any atom is -0.455 e. The smallest absolute Gasteiger partial charge is 0.455 e. The van der Waals surface area contributed by atoms with Crippen molar-refractivity contribution in [3.8, 4) is 17.2 Å². The van der Waals surface area contributed by atoms with Gasteiger partial charge < -0.3 is 25.4 Å². The Morgan fingerprint density at radius 2 is 1.52 bits per heavy atom. The molecule has 2 amide bonds. The first-order chi connectivity index (χ1) is 20.0. The van der Waals surface area contributed by atoms with E-state index in [0.717, 1.165) is 38.1 Å². The summed E-state index contributed by atoms with van der Waals surface area (Å²) in [5, 5.41) is 8.51. The van der Waals surface area contributed by atoms with Gasteiger partial charge in [-0.3, -0.25) is 14.3 Å². The molecule has 4 rings (SSSR count). The molecule has 3 aromatic rings. The van der Waals surface area contributed by atoms with Gasteiger partial charge in [0.25, 0.3) is 15.9 Å². The lowest BCUT2D eigenvalue weighted by atomic mass is 9.98. The van der Waals surface area contributed by atoms with Crippen molar-refractivity contribution in [2.45, 2.75) is 24.1 Å². The molecule has 0 unspecified atom stereocenters. The largest absolute Gasteiger partial charge is 0.573 e. The van der Waals surface area contributed by atoms with Gasteiger partial charge >= 0.3 is 6.36 Å². The number of piperidine rings is 1. The van der Waals surface area contributed by atoms with E-state index in [1.807, 2.05) is 0 Å². The molecule has 0 spiro atoms. The molecule has 14 heteroatoms. The maximum atomic E-state index is 13.4. The Morgan fingerprint density at radius 3 is 2.24 bits per heavy atom. The third-order valence-electron chi connectivity index (χ3n) is 6.29. The molecule has 0 radical (unpaired) electrons. The van der Waals surface area contributed by atoms with E-state index in [4.69, 9.17) is 4.74 Å². The van der Waals surface area contributed by atoms with Gasteiger partial charge in [0.1, 0.15) is 16.4 Å². The first-order valence-corrected chi connectivity index (χ1v) is 14.5. The standard InChI is InChI=1S/C28H29F3N4O6S/c29-28(30,31)41-21-11-9-20(10-12-21)40-24-7-3-2-6-23(24)35-42(38,39)25-8-4-1-5-22(25)27(37)34-18-26(36)33-17-19-13-15-32-16-14-19/h1-12,19,32,35H,13-18H2,(H,33,36)(H,34,37). The van der Waals surface area contributed by atoms with Crippen molar-refractivity contribution in [1.82, 2.24) is 16.0 Å². The maximum absolute atomic E-state index is 13.4. The van der Waals surface area contributed by atoms with Crippen LogP contribution in [0, 0.1) is 5.92 Å². The second-order valence-electron chi connectivity index (χ2n) is 9.40. The highest BCUT2D eigenvalue weighted by Crippen LogP contribution is 2.33. The lowest BCUT2D eigenvalue weighted by molar-refractivity contribution is -0.274. The normalized spacial score (nSPS) is 14.1. The third kappa shape index (κ3) is 8.85. The number of hydrogen-bond donors (Lipinski definition) is 4. The number of benzene rings is 3. The average molecular weight is 607 g/mol. The number of hydrogen-bond acceptors (Lipinski definition) is 7. The van der Waals surface area contributed by atoms with Gasteiger partial charge in [0.2, 0.25) is 5.91 Å². The van der Waals surface area contributed by atoms with Crippen molar-refractivity contribution < 1.29 is 40.7 Å². The summed E-state index contributed by atoms with van der Waals surface area (Å²) in [6.07, 6.45) is -2.95. The SMILES string of the molecule is O=C(CNC(=O)c1ccccc1S(=O)(=O)Nc1ccccc1Oc1ccc(OC(F)(F)F)cc1)NCC1CCNCC1. The number of halogens is 3. The van der Waals surface area contributed by atoms with Crippen LogP contribution in [0.15, 0.2) is 77.7 Å². The summed E-state index contributed by atoms with van der Waals surface area (Å²) in [5.41, 5.74) is -0.157. The van der Waals surface area contributed by atoms with Crippen LogP contribution in [0.1, 0.15) is 23.2 Å². The first kappa shape index (κ1) is 30.7. The molecule has 1 fully saturated rings. The fraction of sp³-hybridized carbons (Fsp3) is 0.286. The van der Waals surface area contributed by atoms with E-state index in [1.165, 1.54) is 48.5 Å². The number of amides is 2. The lowest BCUT2D eigenvalue weighted by Crippen LogP contribution is -2.41. The van der Waals surface area contributed by atoms with Crippen molar-refractivity contribution in [2.24, 2.45) is 5.92 Å². The van der Waals surface area contributed by atoms with Crippen LogP contribution in [0.4, 0.5) is 18.9 Å². The van der Waals surface area contributed by atoms with Gasteiger partial charge in [0.15, 0.2) is 5.75 Å². The number of carbonyl (C=O) groups is 2. The second kappa shape index (κ2) is 13.6. The highest BCUT2D eigenvalue weighted by molar-refractivity contribution is 7.92. The van der Waals surface area contributed by atoms with Crippen molar-refractivity contribution in [3.05, 3.63) is 78.4 Å². The van der Waals surface area contributed by atoms with Gasteiger partial charge in [0.05, 0.1) is 17.8 Å². The molecular formula is C28H29F3N4O6S. The fourth-order valence-electron chi connectivity index (χ4n) is 4.23. The molecule has 3 aromatic carbocycles. The Labute approximate surface area is 240 Å². The number of alkyl halides is 3. The number of ether oxygens (including phenoxy) is 2. The molecule has 1 saturated heterocycles. The van der Waals surface area contributed by atoms with E-state index < -0.39 is 28.0 Å².